The molecule has 8 nitrogen and oxygen atoms in total. The van der Waals surface area contributed by atoms with E-state index in [0.29, 0.717) is 0 Å². The summed E-state index contributed by atoms with van der Waals surface area (Å²) in [6.07, 6.45) is 1.32. The van der Waals surface area contributed by atoms with Crippen LogP contribution in [0.15, 0.2) is 46.7 Å². The Balaban J connectivity index is 2.40. The maximum absolute atomic E-state index is 12.0. The van der Waals surface area contributed by atoms with Crippen molar-refractivity contribution in [2.45, 2.75) is 5.03 Å². The molecule has 2 aromatic rings. The number of nitrogens with two attached hydrogens (primary N) is 1. The molecule has 0 amide bonds. The molecule has 19 heavy (non-hydrogen) atoms. The van der Waals surface area contributed by atoms with Crippen LogP contribution in [0.25, 0.3) is 0 Å². The summed E-state index contributed by atoms with van der Waals surface area (Å²) in [4.78, 5) is 0. The largest absolute Gasteiger partial charge is 0.409 e. The zero-order valence-corrected chi connectivity index (χ0v) is 10.4. The smallest absolute Gasteiger partial charge is 0.278 e. The van der Waals surface area contributed by atoms with Gasteiger partial charge >= 0.3 is 0 Å². The zero-order chi connectivity index (χ0) is 13.9. The van der Waals surface area contributed by atoms with Crippen LogP contribution in [0.5, 0.6) is 0 Å². The van der Waals surface area contributed by atoms with Gasteiger partial charge in [-0.2, -0.15) is 13.5 Å². The predicted octanol–water partition coefficient (Wildman–Crippen LogP) is 0.305. The summed E-state index contributed by atoms with van der Waals surface area (Å²) in [5.74, 6) is -0.192. The van der Waals surface area contributed by atoms with Gasteiger partial charge in [-0.05, 0) is 18.2 Å². The highest BCUT2D eigenvalue weighted by molar-refractivity contribution is 7.92. The third kappa shape index (κ3) is 2.65. The van der Waals surface area contributed by atoms with Crippen LogP contribution in [0, 0.1) is 0 Å². The van der Waals surface area contributed by atoms with Crippen molar-refractivity contribution in [1.29, 1.82) is 0 Å². The standard InChI is InChI=1S/C10H11N5O3S/c11-10(14-16)7-3-1-2-4-8(7)15-19(17,18)9-5-6-12-13-9/h1-6,15-16H,(H2,11,14)(H,12,13). The molecular weight excluding hydrogens is 270 g/mol. The molecule has 5 N–H and O–H groups in total. The molecule has 0 aliphatic heterocycles. The quantitative estimate of drug-likeness (QED) is 0.277. The Morgan fingerprint density at radius 1 is 1.37 bits per heavy atom. The molecule has 0 atom stereocenters. The second-order valence-electron chi connectivity index (χ2n) is 3.56. The molecule has 100 valence electrons. The van der Waals surface area contributed by atoms with E-state index in [2.05, 4.69) is 20.1 Å². The number of sulfonamides is 1. The fourth-order valence-electron chi connectivity index (χ4n) is 1.44. The van der Waals surface area contributed by atoms with E-state index in [0.717, 1.165) is 0 Å². The van der Waals surface area contributed by atoms with E-state index in [9.17, 15) is 8.42 Å². The lowest BCUT2D eigenvalue weighted by atomic mass is 10.2. The lowest BCUT2D eigenvalue weighted by Gasteiger charge is -2.10. The Hall–Kier alpha value is -2.55. The van der Waals surface area contributed by atoms with Gasteiger partial charge in [0.25, 0.3) is 10.0 Å². The van der Waals surface area contributed by atoms with Crippen LogP contribution in [0.4, 0.5) is 5.69 Å². The van der Waals surface area contributed by atoms with Crippen molar-refractivity contribution in [2.24, 2.45) is 10.9 Å². The predicted molar refractivity (Wildman–Crippen MR) is 68.3 cm³/mol. The average molecular weight is 281 g/mol. The first kappa shape index (κ1) is 12.9. The first-order valence-corrected chi connectivity index (χ1v) is 6.62. The third-order valence-corrected chi connectivity index (χ3v) is 3.61. The van der Waals surface area contributed by atoms with Crippen molar-refractivity contribution in [3.05, 3.63) is 42.1 Å². The fourth-order valence-corrected chi connectivity index (χ4v) is 2.43. The van der Waals surface area contributed by atoms with Crippen molar-refractivity contribution in [3.63, 3.8) is 0 Å². The first-order chi connectivity index (χ1) is 9.04. The van der Waals surface area contributed by atoms with Crippen molar-refractivity contribution < 1.29 is 13.6 Å². The number of amidine groups is 1. The van der Waals surface area contributed by atoms with Gasteiger partial charge in [0, 0.05) is 5.56 Å². The average Bonchev–Trinajstić information content (AvgIpc) is 2.93. The SMILES string of the molecule is N/C(=N/O)c1ccccc1NS(=O)(=O)c1ccn[nH]1. The van der Waals surface area contributed by atoms with Crippen LogP contribution < -0.4 is 10.5 Å². The monoisotopic (exact) mass is 281 g/mol. The lowest BCUT2D eigenvalue weighted by molar-refractivity contribution is 0.318. The minimum Gasteiger partial charge on any atom is -0.409 e. The number of rotatable bonds is 4. The number of H-pyrrole nitrogens is 1. The van der Waals surface area contributed by atoms with Crippen molar-refractivity contribution in [1.82, 2.24) is 10.2 Å². The molecule has 9 heteroatoms. The number of nitrogens with zero attached hydrogens (tertiary/aromatic N) is 2. The van der Waals surface area contributed by atoms with Gasteiger partial charge in [0.2, 0.25) is 0 Å². The Bertz CT molecular complexity index is 694. The lowest BCUT2D eigenvalue weighted by Crippen LogP contribution is -2.19. The highest BCUT2D eigenvalue weighted by Gasteiger charge is 2.18. The number of hydrogen-bond acceptors (Lipinski definition) is 5. The van der Waals surface area contributed by atoms with E-state index in [1.54, 1.807) is 12.1 Å². The van der Waals surface area contributed by atoms with Gasteiger partial charge in [0.05, 0.1) is 11.9 Å². The summed E-state index contributed by atoms with van der Waals surface area (Å²) in [6.45, 7) is 0. The van der Waals surface area contributed by atoms with Crippen molar-refractivity contribution in [3.8, 4) is 0 Å². The van der Waals surface area contributed by atoms with Gasteiger partial charge in [-0.25, -0.2) is 0 Å². The molecular formula is C10H11N5O3S. The number of aromatic nitrogens is 2. The molecule has 1 heterocycles. The summed E-state index contributed by atoms with van der Waals surface area (Å²) in [5.41, 5.74) is 5.95. The molecule has 0 saturated carbocycles. The summed E-state index contributed by atoms with van der Waals surface area (Å²) in [6, 6.07) is 7.61. The Kier molecular flexibility index (Phi) is 3.38. The maximum Gasteiger partial charge on any atom is 0.278 e. The first-order valence-electron chi connectivity index (χ1n) is 5.14. The molecule has 1 aromatic heterocycles. The van der Waals surface area contributed by atoms with Gasteiger partial charge < -0.3 is 10.9 Å². The van der Waals surface area contributed by atoms with Gasteiger partial charge in [-0.1, -0.05) is 17.3 Å². The second-order valence-corrected chi connectivity index (χ2v) is 5.21. The molecule has 0 spiro atoms. The zero-order valence-electron chi connectivity index (χ0n) is 9.61. The number of para-hydroxylation sites is 1. The number of anilines is 1. The van der Waals surface area contributed by atoms with Gasteiger partial charge in [0.1, 0.15) is 0 Å². The minimum absolute atomic E-state index is 0.0817. The van der Waals surface area contributed by atoms with E-state index < -0.39 is 10.0 Å². The summed E-state index contributed by atoms with van der Waals surface area (Å²) < 4.78 is 26.3. The van der Waals surface area contributed by atoms with E-state index in [-0.39, 0.29) is 22.1 Å². The van der Waals surface area contributed by atoms with Crippen molar-refractivity contribution >= 4 is 21.5 Å². The topological polar surface area (TPSA) is 133 Å². The Morgan fingerprint density at radius 3 is 2.74 bits per heavy atom. The van der Waals surface area contributed by atoms with E-state index in [1.165, 1.54) is 24.4 Å². The van der Waals surface area contributed by atoms with Crippen LogP contribution in [0.2, 0.25) is 0 Å². The van der Waals surface area contributed by atoms with Crippen molar-refractivity contribution in [2.75, 3.05) is 4.72 Å². The van der Waals surface area contributed by atoms with Gasteiger partial charge in [-0.15, -0.1) is 0 Å². The van der Waals surface area contributed by atoms with Gasteiger partial charge in [0.15, 0.2) is 10.9 Å². The summed E-state index contributed by atoms with van der Waals surface area (Å²) >= 11 is 0. The molecule has 0 bridgehead atoms. The Morgan fingerprint density at radius 2 is 2.11 bits per heavy atom. The number of oxime groups is 1. The van der Waals surface area contributed by atoms with E-state index >= 15 is 0 Å². The van der Waals surface area contributed by atoms with Gasteiger partial charge in [-0.3, -0.25) is 9.82 Å². The third-order valence-electron chi connectivity index (χ3n) is 2.32. The molecule has 0 saturated heterocycles. The summed E-state index contributed by atoms with van der Waals surface area (Å²) in [7, 11) is -3.79. The number of benzene rings is 1. The fraction of sp³-hybridized carbons (Fsp3) is 0. The Labute approximate surface area is 109 Å². The second kappa shape index (κ2) is 4.98. The summed E-state index contributed by atoms with van der Waals surface area (Å²) in [5, 5.41) is 17.4. The minimum atomic E-state index is -3.79. The molecule has 0 fully saturated rings. The number of nitrogens with one attached hydrogen (secondary N) is 2. The highest BCUT2D eigenvalue weighted by atomic mass is 32.2. The van der Waals surface area contributed by atoms with Crippen LogP contribution in [0.3, 0.4) is 0 Å². The van der Waals surface area contributed by atoms with Crippen LogP contribution in [-0.4, -0.2) is 29.7 Å². The highest BCUT2D eigenvalue weighted by Crippen LogP contribution is 2.18. The van der Waals surface area contributed by atoms with E-state index in [4.69, 9.17) is 10.9 Å². The van der Waals surface area contributed by atoms with Crippen LogP contribution >= 0.6 is 0 Å². The molecule has 0 aliphatic carbocycles. The molecule has 1 aromatic carbocycles. The number of hydrogen-bond donors (Lipinski definition) is 4. The molecule has 0 aliphatic rings. The molecule has 0 radical (unpaired) electrons. The van der Waals surface area contributed by atoms with E-state index in [1.807, 2.05) is 0 Å². The normalized spacial score (nSPS) is 12.3. The molecule has 2 rings (SSSR count). The number of aromatic amines is 1. The maximum atomic E-state index is 12.0. The van der Waals surface area contributed by atoms with Crippen LogP contribution in [0.1, 0.15) is 5.56 Å². The molecule has 0 unspecified atom stereocenters. The van der Waals surface area contributed by atoms with Crippen LogP contribution in [-0.2, 0) is 10.0 Å².